The Bertz CT molecular complexity index is 1260. The highest BCUT2D eigenvalue weighted by Crippen LogP contribution is 2.30. The zero-order valence-corrected chi connectivity index (χ0v) is 20.7. The van der Waals surface area contributed by atoms with Crippen LogP contribution in [0.4, 0.5) is 11.4 Å². The number of sulfonamides is 1. The molecule has 1 fully saturated rings. The van der Waals surface area contributed by atoms with Crippen LogP contribution in [0.2, 0.25) is 0 Å². The second-order valence-electron chi connectivity index (χ2n) is 8.52. The topological polar surface area (TPSA) is 87.7 Å². The summed E-state index contributed by atoms with van der Waals surface area (Å²) in [5.74, 6) is 0.518. The van der Waals surface area contributed by atoms with Crippen LogP contribution in [0.25, 0.3) is 0 Å². The molecule has 35 heavy (non-hydrogen) atoms. The van der Waals surface area contributed by atoms with Gasteiger partial charge in [-0.25, -0.2) is 8.42 Å². The summed E-state index contributed by atoms with van der Waals surface area (Å²) in [7, 11) is -3.80. The molecule has 7 nitrogen and oxygen atoms in total. The van der Waals surface area contributed by atoms with Crippen LogP contribution < -0.4 is 19.7 Å². The van der Waals surface area contributed by atoms with Crippen molar-refractivity contribution in [2.45, 2.75) is 31.1 Å². The van der Waals surface area contributed by atoms with E-state index in [2.05, 4.69) is 27.9 Å². The Morgan fingerprint density at radius 2 is 1.66 bits per heavy atom. The SMILES string of the molecule is Cc1c(OCCCNC(=O)c2ccccc2NS(=O)(=O)c2ccccc2)cccc1N1CCCC1. The van der Waals surface area contributed by atoms with Gasteiger partial charge in [-0.05, 0) is 62.6 Å². The minimum atomic E-state index is -3.80. The molecule has 0 bridgehead atoms. The number of para-hydroxylation sites is 1. The molecule has 0 saturated carbocycles. The molecule has 0 atom stereocenters. The summed E-state index contributed by atoms with van der Waals surface area (Å²) in [6.45, 7) is 5.12. The summed E-state index contributed by atoms with van der Waals surface area (Å²) in [5.41, 5.74) is 2.86. The van der Waals surface area contributed by atoms with Gasteiger partial charge in [0.05, 0.1) is 22.8 Å². The molecule has 3 aromatic rings. The maximum atomic E-state index is 12.8. The first-order chi connectivity index (χ1) is 17.0. The van der Waals surface area contributed by atoms with E-state index in [1.54, 1.807) is 42.5 Å². The number of ether oxygens (including phenoxy) is 1. The van der Waals surface area contributed by atoms with Crippen LogP contribution in [0.1, 0.15) is 35.2 Å². The van der Waals surface area contributed by atoms with Gasteiger partial charge in [-0.15, -0.1) is 0 Å². The maximum Gasteiger partial charge on any atom is 0.261 e. The van der Waals surface area contributed by atoms with Crippen molar-refractivity contribution < 1.29 is 17.9 Å². The highest BCUT2D eigenvalue weighted by molar-refractivity contribution is 7.92. The fourth-order valence-corrected chi connectivity index (χ4v) is 5.29. The van der Waals surface area contributed by atoms with Crippen LogP contribution in [0.15, 0.2) is 77.7 Å². The van der Waals surface area contributed by atoms with Crippen molar-refractivity contribution in [3.8, 4) is 5.75 Å². The number of amides is 1. The van der Waals surface area contributed by atoms with Gasteiger partial charge in [-0.1, -0.05) is 36.4 Å². The first-order valence-corrected chi connectivity index (χ1v) is 13.4. The normalized spacial score (nSPS) is 13.5. The van der Waals surface area contributed by atoms with Crippen molar-refractivity contribution in [1.82, 2.24) is 5.32 Å². The lowest BCUT2D eigenvalue weighted by Crippen LogP contribution is -2.27. The molecular formula is C27H31N3O4S. The lowest BCUT2D eigenvalue weighted by molar-refractivity contribution is 0.0952. The number of carbonyl (C=O) groups is 1. The molecule has 1 aliphatic heterocycles. The van der Waals surface area contributed by atoms with Crippen LogP contribution >= 0.6 is 0 Å². The molecule has 0 spiro atoms. The molecule has 0 aliphatic carbocycles. The standard InChI is InChI=1S/C27H31N3O4S/c1-21-25(30-18-7-8-19-30)15-9-16-26(21)34-20-10-17-28-27(31)23-13-5-6-14-24(23)29-35(32,33)22-11-3-2-4-12-22/h2-6,9,11-16,29H,7-8,10,17-20H2,1H3,(H,28,31). The van der Waals surface area contributed by atoms with Gasteiger partial charge in [0.25, 0.3) is 15.9 Å². The van der Waals surface area contributed by atoms with Gasteiger partial charge in [0.15, 0.2) is 0 Å². The van der Waals surface area contributed by atoms with E-state index < -0.39 is 10.0 Å². The smallest absolute Gasteiger partial charge is 0.261 e. The molecule has 1 heterocycles. The molecule has 1 amide bonds. The van der Waals surface area contributed by atoms with Gasteiger partial charge in [0, 0.05) is 30.9 Å². The molecule has 4 rings (SSSR count). The van der Waals surface area contributed by atoms with Crippen LogP contribution in [0.3, 0.4) is 0 Å². The molecule has 0 radical (unpaired) electrons. The van der Waals surface area contributed by atoms with Crippen LogP contribution in [0.5, 0.6) is 5.75 Å². The average Bonchev–Trinajstić information content (AvgIpc) is 3.40. The van der Waals surface area contributed by atoms with Crippen LogP contribution in [-0.2, 0) is 10.0 Å². The number of rotatable bonds is 10. The van der Waals surface area contributed by atoms with Gasteiger partial charge >= 0.3 is 0 Å². The Kier molecular flexibility index (Phi) is 7.92. The molecule has 0 aromatic heterocycles. The minimum absolute atomic E-state index is 0.136. The Balaban J connectivity index is 1.30. The van der Waals surface area contributed by atoms with Gasteiger partial charge in [-0.3, -0.25) is 9.52 Å². The summed E-state index contributed by atoms with van der Waals surface area (Å²) in [4.78, 5) is 15.3. The number of hydrogen-bond donors (Lipinski definition) is 2. The van der Waals surface area contributed by atoms with Gasteiger partial charge in [0.1, 0.15) is 5.75 Å². The van der Waals surface area contributed by atoms with Crippen LogP contribution in [-0.4, -0.2) is 40.6 Å². The summed E-state index contributed by atoms with van der Waals surface area (Å²) >= 11 is 0. The van der Waals surface area contributed by atoms with E-state index in [1.807, 2.05) is 12.1 Å². The average molecular weight is 494 g/mol. The van der Waals surface area contributed by atoms with E-state index in [0.717, 1.165) is 24.4 Å². The van der Waals surface area contributed by atoms with Gasteiger partial charge in [0.2, 0.25) is 0 Å². The summed E-state index contributed by atoms with van der Waals surface area (Å²) in [5, 5.41) is 2.86. The Morgan fingerprint density at radius 3 is 2.43 bits per heavy atom. The number of nitrogens with one attached hydrogen (secondary N) is 2. The summed E-state index contributed by atoms with van der Waals surface area (Å²) in [6.07, 6.45) is 3.07. The zero-order valence-electron chi connectivity index (χ0n) is 19.9. The molecule has 3 aromatic carbocycles. The highest BCUT2D eigenvalue weighted by atomic mass is 32.2. The largest absolute Gasteiger partial charge is 0.493 e. The zero-order chi connectivity index (χ0) is 24.7. The van der Waals surface area contributed by atoms with Crippen LogP contribution in [0, 0.1) is 6.92 Å². The van der Waals surface area contributed by atoms with Crippen molar-refractivity contribution in [2.24, 2.45) is 0 Å². The predicted octanol–water partition coefficient (Wildman–Crippen LogP) is 4.59. The third-order valence-electron chi connectivity index (χ3n) is 6.04. The molecular weight excluding hydrogens is 462 g/mol. The monoisotopic (exact) mass is 493 g/mol. The maximum absolute atomic E-state index is 12.8. The van der Waals surface area contributed by atoms with Crippen molar-refractivity contribution in [3.05, 3.63) is 83.9 Å². The van der Waals surface area contributed by atoms with E-state index in [9.17, 15) is 13.2 Å². The first kappa shape index (κ1) is 24.6. The molecule has 8 heteroatoms. The summed E-state index contributed by atoms with van der Waals surface area (Å²) < 4.78 is 33.9. The number of anilines is 2. The Labute approximate surface area is 207 Å². The third-order valence-corrected chi connectivity index (χ3v) is 7.42. The third kappa shape index (κ3) is 6.14. The second kappa shape index (κ2) is 11.3. The van der Waals surface area contributed by atoms with Gasteiger partial charge < -0.3 is 15.0 Å². The van der Waals surface area contributed by atoms with E-state index in [4.69, 9.17) is 4.74 Å². The number of benzene rings is 3. The fraction of sp³-hybridized carbons (Fsp3) is 0.296. The minimum Gasteiger partial charge on any atom is -0.493 e. The lowest BCUT2D eigenvalue weighted by Gasteiger charge is -2.21. The highest BCUT2D eigenvalue weighted by Gasteiger charge is 2.19. The van der Waals surface area contributed by atoms with E-state index in [1.165, 1.54) is 30.7 Å². The van der Waals surface area contributed by atoms with Gasteiger partial charge in [-0.2, -0.15) is 0 Å². The fourth-order valence-electron chi connectivity index (χ4n) is 4.18. The predicted molar refractivity (Wildman–Crippen MR) is 139 cm³/mol. The second-order valence-corrected chi connectivity index (χ2v) is 10.2. The van der Waals surface area contributed by atoms with E-state index in [0.29, 0.717) is 19.6 Å². The quantitative estimate of drug-likeness (QED) is 0.403. The molecule has 1 aliphatic rings. The molecule has 1 saturated heterocycles. The number of carbonyl (C=O) groups excluding carboxylic acids is 1. The number of hydrogen-bond acceptors (Lipinski definition) is 5. The number of nitrogens with zero attached hydrogens (tertiary/aromatic N) is 1. The van der Waals surface area contributed by atoms with Crippen molar-refractivity contribution >= 4 is 27.3 Å². The van der Waals surface area contributed by atoms with E-state index in [-0.39, 0.29) is 22.1 Å². The summed E-state index contributed by atoms with van der Waals surface area (Å²) in [6, 6.07) is 20.8. The lowest BCUT2D eigenvalue weighted by atomic mass is 10.1. The van der Waals surface area contributed by atoms with Crippen molar-refractivity contribution in [3.63, 3.8) is 0 Å². The van der Waals surface area contributed by atoms with Crippen molar-refractivity contribution in [1.29, 1.82) is 0 Å². The molecule has 2 N–H and O–H groups in total. The molecule has 0 unspecified atom stereocenters. The Hall–Kier alpha value is -3.52. The van der Waals surface area contributed by atoms with E-state index >= 15 is 0 Å². The first-order valence-electron chi connectivity index (χ1n) is 11.9. The Morgan fingerprint density at radius 1 is 0.943 bits per heavy atom. The molecule has 184 valence electrons. The van der Waals surface area contributed by atoms with Crippen molar-refractivity contribution in [2.75, 3.05) is 35.9 Å².